The van der Waals surface area contributed by atoms with Gasteiger partial charge < -0.3 is 4.74 Å². The summed E-state index contributed by atoms with van der Waals surface area (Å²) >= 11 is 2.01. The number of hydrogen-bond acceptors (Lipinski definition) is 2. The van der Waals surface area contributed by atoms with Crippen molar-refractivity contribution in [1.29, 1.82) is 0 Å². The highest BCUT2D eigenvalue weighted by Gasteiger charge is 2.33. The Hall–Kier alpha value is -0.630. The summed E-state index contributed by atoms with van der Waals surface area (Å²) in [4.78, 5) is 0. The largest absolute Gasteiger partial charge is 0.492 e. The third-order valence-corrected chi connectivity index (χ3v) is 4.04. The van der Waals surface area contributed by atoms with E-state index in [0.717, 1.165) is 12.4 Å². The zero-order valence-electron chi connectivity index (χ0n) is 8.75. The van der Waals surface area contributed by atoms with Crippen molar-refractivity contribution in [1.82, 2.24) is 0 Å². The first-order valence-corrected chi connectivity index (χ1v) is 6.00. The lowest BCUT2D eigenvalue weighted by Crippen LogP contribution is -2.37. The Morgan fingerprint density at radius 3 is 2.86 bits per heavy atom. The molecular formula is C12H16OS. The molecule has 1 aromatic carbocycles. The molecule has 0 aliphatic carbocycles. The van der Waals surface area contributed by atoms with Gasteiger partial charge in [0, 0.05) is 4.75 Å². The topological polar surface area (TPSA) is 9.23 Å². The smallest absolute Gasteiger partial charge is 0.119 e. The second kappa shape index (κ2) is 3.85. The SMILES string of the molecule is Cc1cccc(OCC2(C)CCS2)c1. The lowest BCUT2D eigenvalue weighted by Gasteiger charge is -2.37. The van der Waals surface area contributed by atoms with Gasteiger partial charge >= 0.3 is 0 Å². The van der Waals surface area contributed by atoms with Gasteiger partial charge in [-0.3, -0.25) is 0 Å². The number of rotatable bonds is 3. The fourth-order valence-electron chi connectivity index (χ4n) is 1.51. The third kappa shape index (κ3) is 2.24. The maximum Gasteiger partial charge on any atom is 0.119 e. The van der Waals surface area contributed by atoms with E-state index in [1.807, 2.05) is 23.9 Å². The normalized spacial score (nSPS) is 25.6. The Labute approximate surface area is 89.9 Å². The predicted octanol–water partition coefficient (Wildman–Crippen LogP) is 3.27. The predicted molar refractivity (Wildman–Crippen MR) is 62.2 cm³/mol. The van der Waals surface area contributed by atoms with E-state index in [1.165, 1.54) is 17.7 Å². The first kappa shape index (κ1) is 9.91. The lowest BCUT2D eigenvalue weighted by atomic mass is 10.1. The Kier molecular flexibility index (Phi) is 2.73. The van der Waals surface area contributed by atoms with Crippen LogP contribution in [-0.4, -0.2) is 17.1 Å². The van der Waals surface area contributed by atoms with Crippen LogP contribution in [-0.2, 0) is 0 Å². The summed E-state index contributed by atoms with van der Waals surface area (Å²) < 4.78 is 6.14. The first-order chi connectivity index (χ1) is 6.68. The second-order valence-corrected chi connectivity index (χ2v) is 5.84. The van der Waals surface area contributed by atoms with Gasteiger partial charge in [0.15, 0.2) is 0 Å². The monoisotopic (exact) mass is 208 g/mol. The van der Waals surface area contributed by atoms with Crippen LogP contribution in [0, 0.1) is 6.92 Å². The van der Waals surface area contributed by atoms with Crippen molar-refractivity contribution in [3.8, 4) is 5.75 Å². The van der Waals surface area contributed by atoms with Crippen LogP contribution >= 0.6 is 11.8 Å². The zero-order valence-corrected chi connectivity index (χ0v) is 9.56. The molecule has 0 bridgehead atoms. The molecule has 76 valence electrons. The highest BCUT2D eigenvalue weighted by molar-refractivity contribution is 8.02. The van der Waals surface area contributed by atoms with Crippen molar-refractivity contribution in [3.63, 3.8) is 0 Å². The minimum Gasteiger partial charge on any atom is -0.492 e. The molecule has 1 saturated heterocycles. The summed E-state index contributed by atoms with van der Waals surface area (Å²) in [5.41, 5.74) is 1.26. The molecule has 0 N–H and O–H groups in total. The molecule has 1 aromatic rings. The van der Waals surface area contributed by atoms with E-state index < -0.39 is 0 Å². The van der Waals surface area contributed by atoms with Crippen LogP contribution in [0.3, 0.4) is 0 Å². The van der Waals surface area contributed by atoms with Crippen LogP contribution in [0.15, 0.2) is 24.3 Å². The summed E-state index contributed by atoms with van der Waals surface area (Å²) in [6.45, 7) is 5.20. The number of hydrogen-bond donors (Lipinski definition) is 0. The van der Waals surface area contributed by atoms with Crippen molar-refractivity contribution >= 4 is 11.8 Å². The van der Waals surface area contributed by atoms with Crippen molar-refractivity contribution in [2.24, 2.45) is 0 Å². The van der Waals surface area contributed by atoms with Crippen LogP contribution in [0.5, 0.6) is 5.75 Å². The quantitative estimate of drug-likeness (QED) is 0.754. The summed E-state index contributed by atoms with van der Waals surface area (Å²) in [6, 6.07) is 8.25. The highest BCUT2D eigenvalue weighted by atomic mass is 32.2. The van der Waals surface area contributed by atoms with Gasteiger partial charge in [-0.25, -0.2) is 0 Å². The average molecular weight is 208 g/mol. The van der Waals surface area contributed by atoms with Gasteiger partial charge in [-0.05, 0) is 43.7 Å². The van der Waals surface area contributed by atoms with Crippen molar-refractivity contribution in [2.45, 2.75) is 25.0 Å². The second-order valence-electron chi connectivity index (χ2n) is 4.15. The Balaban J connectivity index is 1.91. The van der Waals surface area contributed by atoms with Crippen molar-refractivity contribution in [2.75, 3.05) is 12.4 Å². The molecule has 0 spiro atoms. The fraction of sp³-hybridized carbons (Fsp3) is 0.500. The lowest BCUT2D eigenvalue weighted by molar-refractivity contribution is 0.269. The molecule has 1 fully saturated rings. The van der Waals surface area contributed by atoms with Gasteiger partial charge in [0.1, 0.15) is 12.4 Å². The molecular weight excluding hydrogens is 192 g/mol. The maximum atomic E-state index is 5.77. The molecule has 0 amide bonds. The highest BCUT2D eigenvalue weighted by Crippen LogP contribution is 2.40. The first-order valence-electron chi connectivity index (χ1n) is 5.01. The summed E-state index contributed by atoms with van der Waals surface area (Å²) in [5, 5.41) is 0. The van der Waals surface area contributed by atoms with E-state index in [-0.39, 0.29) is 0 Å². The summed E-state index contributed by atoms with van der Waals surface area (Å²) in [7, 11) is 0. The van der Waals surface area contributed by atoms with Gasteiger partial charge in [-0.15, -0.1) is 0 Å². The molecule has 1 unspecified atom stereocenters. The molecule has 1 aliphatic heterocycles. The van der Waals surface area contributed by atoms with E-state index in [0.29, 0.717) is 4.75 Å². The molecule has 2 rings (SSSR count). The summed E-state index contributed by atoms with van der Waals surface area (Å²) in [5.74, 6) is 2.28. The van der Waals surface area contributed by atoms with Crippen LogP contribution < -0.4 is 4.74 Å². The molecule has 14 heavy (non-hydrogen) atoms. The van der Waals surface area contributed by atoms with E-state index in [2.05, 4.69) is 26.0 Å². The Morgan fingerprint density at radius 2 is 2.29 bits per heavy atom. The zero-order chi connectivity index (χ0) is 10.0. The molecule has 0 saturated carbocycles. The summed E-state index contributed by atoms with van der Waals surface area (Å²) in [6.07, 6.45) is 1.28. The van der Waals surface area contributed by atoms with Gasteiger partial charge in [0.05, 0.1) is 0 Å². The molecule has 0 radical (unpaired) electrons. The molecule has 1 atom stereocenters. The van der Waals surface area contributed by atoms with Crippen LogP contribution in [0.4, 0.5) is 0 Å². The van der Waals surface area contributed by atoms with E-state index in [1.54, 1.807) is 0 Å². The number of aryl methyl sites for hydroxylation is 1. The number of ether oxygens (including phenoxy) is 1. The molecule has 1 aliphatic rings. The number of thioether (sulfide) groups is 1. The molecule has 1 nitrogen and oxygen atoms in total. The van der Waals surface area contributed by atoms with Crippen molar-refractivity contribution in [3.05, 3.63) is 29.8 Å². The van der Waals surface area contributed by atoms with Gasteiger partial charge in [-0.1, -0.05) is 12.1 Å². The molecule has 2 heteroatoms. The maximum absolute atomic E-state index is 5.77. The van der Waals surface area contributed by atoms with E-state index in [4.69, 9.17) is 4.74 Å². The van der Waals surface area contributed by atoms with Gasteiger partial charge in [0.25, 0.3) is 0 Å². The third-order valence-electron chi connectivity index (χ3n) is 2.62. The van der Waals surface area contributed by atoms with Crippen molar-refractivity contribution < 1.29 is 4.74 Å². The Morgan fingerprint density at radius 1 is 1.50 bits per heavy atom. The standard InChI is InChI=1S/C12H16OS/c1-10-4-3-5-11(8-10)13-9-12(2)6-7-14-12/h3-5,8H,6-7,9H2,1-2H3. The molecule has 1 heterocycles. The average Bonchev–Trinajstić information content (AvgIpc) is 2.12. The van der Waals surface area contributed by atoms with Crippen LogP contribution in [0.25, 0.3) is 0 Å². The minimum absolute atomic E-state index is 0.365. The number of benzene rings is 1. The fourth-order valence-corrected chi connectivity index (χ4v) is 2.55. The van der Waals surface area contributed by atoms with E-state index in [9.17, 15) is 0 Å². The van der Waals surface area contributed by atoms with E-state index >= 15 is 0 Å². The van der Waals surface area contributed by atoms with Crippen LogP contribution in [0.1, 0.15) is 18.9 Å². The minimum atomic E-state index is 0.365. The molecule has 0 aromatic heterocycles. The van der Waals surface area contributed by atoms with Crippen LogP contribution in [0.2, 0.25) is 0 Å². The Bertz CT molecular complexity index is 318. The van der Waals surface area contributed by atoms with Gasteiger partial charge in [0.2, 0.25) is 0 Å². The van der Waals surface area contributed by atoms with Gasteiger partial charge in [-0.2, -0.15) is 11.8 Å².